The van der Waals surface area contributed by atoms with Crippen LogP contribution in [-0.2, 0) is 4.79 Å². The number of ether oxygens (including phenoxy) is 1. The highest BCUT2D eigenvalue weighted by Gasteiger charge is 2.11. The Morgan fingerprint density at radius 3 is 2.67 bits per heavy atom. The van der Waals surface area contributed by atoms with Gasteiger partial charge in [0.2, 0.25) is 0 Å². The number of benzene rings is 2. The number of phenolic OH excluding ortho intramolecular Hbond substituents is 1. The summed E-state index contributed by atoms with van der Waals surface area (Å²) < 4.78 is 5.08. The third kappa shape index (κ3) is 4.89. The van der Waals surface area contributed by atoms with E-state index in [1.54, 1.807) is 38.3 Å². The lowest BCUT2D eigenvalue weighted by Crippen LogP contribution is -2.34. The minimum atomic E-state index is -0.497. The number of methoxy groups -OCH3 is 1. The van der Waals surface area contributed by atoms with Crippen LogP contribution >= 0.6 is 11.6 Å². The zero-order valence-corrected chi connectivity index (χ0v) is 14.0. The number of aromatic hydroxyl groups is 1. The van der Waals surface area contributed by atoms with E-state index in [4.69, 9.17) is 16.3 Å². The number of amides is 1. The van der Waals surface area contributed by atoms with E-state index in [-0.39, 0.29) is 11.7 Å². The summed E-state index contributed by atoms with van der Waals surface area (Å²) in [6.45, 7) is 1.71. The predicted molar refractivity (Wildman–Crippen MR) is 94.9 cm³/mol. The maximum atomic E-state index is 12.0. The van der Waals surface area contributed by atoms with Crippen LogP contribution in [0.4, 0.5) is 5.69 Å². The molecule has 24 heavy (non-hydrogen) atoms. The molecule has 0 fully saturated rings. The summed E-state index contributed by atoms with van der Waals surface area (Å²) in [5.74, 6) is 0.453. The molecular formula is C17H18ClN3O3. The van der Waals surface area contributed by atoms with Gasteiger partial charge in [-0.2, -0.15) is 5.10 Å². The van der Waals surface area contributed by atoms with Gasteiger partial charge in [-0.25, -0.2) is 5.43 Å². The molecule has 6 nitrogen and oxygen atoms in total. The van der Waals surface area contributed by atoms with Crippen LogP contribution in [-0.4, -0.2) is 30.4 Å². The van der Waals surface area contributed by atoms with Crippen LogP contribution in [0.25, 0.3) is 0 Å². The lowest BCUT2D eigenvalue weighted by atomic mass is 10.2. The predicted octanol–water partition coefficient (Wildman–Crippen LogP) is 3.00. The molecule has 1 atom stereocenters. The molecule has 0 aliphatic rings. The number of rotatable bonds is 6. The monoisotopic (exact) mass is 347 g/mol. The Kier molecular flexibility index (Phi) is 6.03. The number of phenols is 1. The molecule has 7 heteroatoms. The third-order valence-electron chi connectivity index (χ3n) is 3.23. The highest BCUT2D eigenvalue weighted by molar-refractivity contribution is 6.30. The number of carbonyl (C=O) groups excluding carboxylic acids is 1. The number of nitrogens with zero attached hydrogens (tertiary/aromatic N) is 1. The second kappa shape index (κ2) is 8.21. The molecule has 0 unspecified atom stereocenters. The van der Waals surface area contributed by atoms with Crippen LogP contribution < -0.4 is 15.5 Å². The van der Waals surface area contributed by atoms with Gasteiger partial charge in [-0.05, 0) is 49.4 Å². The number of halogens is 1. The van der Waals surface area contributed by atoms with Crippen molar-refractivity contribution in [3.05, 3.63) is 53.1 Å². The van der Waals surface area contributed by atoms with Gasteiger partial charge in [0.1, 0.15) is 17.5 Å². The summed E-state index contributed by atoms with van der Waals surface area (Å²) in [6.07, 6.45) is 1.33. The molecule has 126 valence electrons. The number of hydrogen-bond acceptors (Lipinski definition) is 5. The fraction of sp³-hybridized carbons (Fsp3) is 0.176. The van der Waals surface area contributed by atoms with Crippen molar-refractivity contribution < 1.29 is 14.6 Å². The summed E-state index contributed by atoms with van der Waals surface area (Å²) in [6, 6.07) is 11.3. The zero-order chi connectivity index (χ0) is 17.5. The Morgan fingerprint density at radius 2 is 2.00 bits per heavy atom. The first-order valence-corrected chi connectivity index (χ1v) is 7.59. The second-order valence-corrected chi connectivity index (χ2v) is 5.47. The lowest BCUT2D eigenvalue weighted by molar-refractivity contribution is -0.121. The zero-order valence-electron chi connectivity index (χ0n) is 13.3. The van der Waals surface area contributed by atoms with E-state index in [9.17, 15) is 9.90 Å². The molecular weight excluding hydrogens is 330 g/mol. The first-order valence-electron chi connectivity index (χ1n) is 7.21. The highest BCUT2D eigenvalue weighted by atomic mass is 35.5. The minimum absolute atomic E-state index is 0.0294. The molecule has 3 N–H and O–H groups in total. The van der Waals surface area contributed by atoms with Crippen molar-refractivity contribution in [3.8, 4) is 11.5 Å². The third-order valence-corrected chi connectivity index (χ3v) is 3.47. The summed E-state index contributed by atoms with van der Waals surface area (Å²) in [4.78, 5) is 12.0. The SMILES string of the molecule is COc1ccc(N[C@H](C)C(=O)N/N=C\c2cc(Cl)ccc2O)cc1. The first-order chi connectivity index (χ1) is 11.5. The summed E-state index contributed by atoms with van der Waals surface area (Å²) >= 11 is 5.84. The average Bonchev–Trinajstić information content (AvgIpc) is 2.58. The van der Waals surface area contributed by atoms with E-state index in [1.165, 1.54) is 12.3 Å². The molecule has 0 spiro atoms. The fourth-order valence-corrected chi connectivity index (χ4v) is 2.07. The molecule has 0 saturated carbocycles. The smallest absolute Gasteiger partial charge is 0.262 e. The number of hydrazone groups is 1. The molecule has 0 saturated heterocycles. The second-order valence-electron chi connectivity index (χ2n) is 5.03. The van der Waals surface area contributed by atoms with Gasteiger partial charge in [0, 0.05) is 16.3 Å². The molecule has 0 aliphatic carbocycles. The molecule has 0 aliphatic heterocycles. The molecule has 2 rings (SSSR count). The van der Waals surface area contributed by atoms with Crippen LogP contribution in [0.2, 0.25) is 5.02 Å². The summed E-state index contributed by atoms with van der Waals surface area (Å²) in [5.41, 5.74) is 3.61. The van der Waals surface area contributed by atoms with Crippen molar-refractivity contribution in [1.29, 1.82) is 0 Å². The van der Waals surface area contributed by atoms with E-state index in [0.717, 1.165) is 11.4 Å². The van der Waals surface area contributed by atoms with Gasteiger partial charge in [0.25, 0.3) is 5.91 Å². The Labute approximate surface area is 145 Å². The van der Waals surface area contributed by atoms with Gasteiger partial charge >= 0.3 is 0 Å². The number of carbonyl (C=O) groups is 1. The summed E-state index contributed by atoms with van der Waals surface area (Å²) in [5, 5.41) is 17.0. The van der Waals surface area contributed by atoms with Crippen molar-refractivity contribution >= 4 is 29.4 Å². The van der Waals surface area contributed by atoms with E-state index in [2.05, 4.69) is 15.8 Å². The van der Waals surface area contributed by atoms with E-state index >= 15 is 0 Å². The largest absolute Gasteiger partial charge is 0.507 e. The molecule has 0 aromatic heterocycles. The summed E-state index contributed by atoms with van der Waals surface area (Å²) in [7, 11) is 1.59. The molecule has 0 bridgehead atoms. The topological polar surface area (TPSA) is 83.0 Å². The standard InChI is InChI=1S/C17H18ClN3O3/c1-11(20-14-4-6-15(24-2)7-5-14)17(23)21-19-10-12-9-13(18)3-8-16(12)22/h3-11,20,22H,1-2H3,(H,21,23)/b19-10-/t11-/m1/s1. The van der Waals surface area contributed by atoms with Gasteiger partial charge in [0.15, 0.2) is 0 Å². The minimum Gasteiger partial charge on any atom is -0.507 e. The van der Waals surface area contributed by atoms with Gasteiger partial charge in [0.05, 0.1) is 13.3 Å². The molecule has 0 radical (unpaired) electrons. The Morgan fingerprint density at radius 1 is 1.29 bits per heavy atom. The van der Waals surface area contributed by atoms with E-state index < -0.39 is 6.04 Å². The van der Waals surface area contributed by atoms with Crippen molar-refractivity contribution in [2.45, 2.75) is 13.0 Å². The van der Waals surface area contributed by atoms with Crippen molar-refractivity contribution in [2.75, 3.05) is 12.4 Å². The van der Waals surface area contributed by atoms with Crippen LogP contribution in [0, 0.1) is 0 Å². The van der Waals surface area contributed by atoms with Crippen molar-refractivity contribution in [3.63, 3.8) is 0 Å². The van der Waals surface area contributed by atoms with Gasteiger partial charge in [-0.3, -0.25) is 4.79 Å². The average molecular weight is 348 g/mol. The fourth-order valence-electron chi connectivity index (χ4n) is 1.89. The van der Waals surface area contributed by atoms with E-state index in [0.29, 0.717) is 10.6 Å². The number of anilines is 1. The van der Waals surface area contributed by atoms with Gasteiger partial charge in [-0.15, -0.1) is 0 Å². The van der Waals surface area contributed by atoms with Crippen LogP contribution in [0.3, 0.4) is 0 Å². The molecule has 0 heterocycles. The Balaban J connectivity index is 1.91. The molecule has 2 aromatic carbocycles. The Hall–Kier alpha value is -2.73. The lowest BCUT2D eigenvalue weighted by Gasteiger charge is -2.13. The van der Waals surface area contributed by atoms with Gasteiger partial charge in [-0.1, -0.05) is 11.6 Å². The molecule has 2 aromatic rings. The van der Waals surface area contributed by atoms with Crippen LogP contribution in [0.5, 0.6) is 11.5 Å². The maximum Gasteiger partial charge on any atom is 0.262 e. The van der Waals surface area contributed by atoms with E-state index in [1.807, 2.05) is 12.1 Å². The number of nitrogens with one attached hydrogen (secondary N) is 2. The van der Waals surface area contributed by atoms with Crippen molar-refractivity contribution in [1.82, 2.24) is 5.43 Å². The van der Waals surface area contributed by atoms with Crippen LogP contribution in [0.1, 0.15) is 12.5 Å². The van der Waals surface area contributed by atoms with Gasteiger partial charge < -0.3 is 15.2 Å². The van der Waals surface area contributed by atoms with Crippen molar-refractivity contribution in [2.24, 2.45) is 5.10 Å². The quantitative estimate of drug-likeness (QED) is 0.554. The first kappa shape index (κ1) is 17.6. The normalized spacial score (nSPS) is 12.0. The van der Waals surface area contributed by atoms with Crippen LogP contribution in [0.15, 0.2) is 47.6 Å². The highest BCUT2D eigenvalue weighted by Crippen LogP contribution is 2.19. The Bertz CT molecular complexity index is 732. The number of hydrogen-bond donors (Lipinski definition) is 3. The maximum absolute atomic E-state index is 12.0. The molecule has 1 amide bonds.